The van der Waals surface area contributed by atoms with Crippen molar-refractivity contribution in [3.8, 4) is 0 Å². The lowest BCUT2D eigenvalue weighted by molar-refractivity contribution is 0.874. The van der Waals surface area contributed by atoms with E-state index >= 15 is 0 Å². The topological polar surface area (TPSA) is 50.9 Å². The SMILES string of the molecule is Cc1ccc(N)c(NC(C)c2ccccc2Cl)n1. The van der Waals surface area contributed by atoms with Crippen LogP contribution < -0.4 is 11.1 Å². The molecule has 3 nitrogen and oxygen atoms in total. The Kier molecular flexibility index (Phi) is 3.72. The molecule has 94 valence electrons. The summed E-state index contributed by atoms with van der Waals surface area (Å²) in [6.45, 7) is 3.97. The van der Waals surface area contributed by atoms with E-state index in [1.54, 1.807) is 0 Å². The minimum Gasteiger partial charge on any atom is -0.396 e. The number of nitrogen functional groups attached to an aromatic ring is 1. The van der Waals surface area contributed by atoms with Gasteiger partial charge in [-0.25, -0.2) is 4.98 Å². The molecule has 1 atom stereocenters. The van der Waals surface area contributed by atoms with Gasteiger partial charge >= 0.3 is 0 Å². The number of pyridine rings is 1. The zero-order valence-electron chi connectivity index (χ0n) is 10.4. The molecule has 0 aliphatic rings. The predicted molar refractivity (Wildman–Crippen MR) is 76.9 cm³/mol. The number of halogens is 1. The van der Waals surface area contributed by atoms with Crippen LogP contribution in [-0.2, 0) is 0 Å². The van der Waals surface area contributed by atoms with Crippen LogP contribution in [0.2, 0.25) is 5.02 Å². The van der Waals surface area contributed by atoms with Gasteiger partial charge in [-0.05, 0) is 37.6 Å². The molecule has 1 heterocycles. The average Bonchev–Trinajstić information content (AvgIpc) is 2.34. The molecular formula is C14H16ClN3. The molecule has 0 aliphatic heterocycles. The van der Waals surface area contributed by atoms with Crippen molar-refractivity contribution in [2.24, 2.45) is 0 Å². The molecule has 0 radical (unpaired) electrons. The lowest BCUT2D eigenvalue weighted by Crippen LogP contribution is -2.10. The molecule has 0 bridgehead atoms. The molecule has 0 amide bonds. The number of nitrogens with one attached hydrogen (secondary N) is 1. The van der Waals surface area contributed by atoms with Crippen LogP contribution in [0.5, 0.6) is 0 Å². The maximum absolute atomic E-state index is 6.16. The van der Waals surface area contributed by atoms with Crippen LogP contribution in [-0.4, -0.2) is 4.98 Å². The second kappa shape index (κ2) is 5.27. The Morgan fingerprint density at radius 2 is 1.94 bits per heavy atom. The Labute approximate surface area is 112 Å². The average molecular weight is 262 g/mol. The molecule has 3 N–H and O–H groups in total. The van der Waals surface area contributed by atoms with Crippen molar-refractivity contribution < 1.29 is 0 Å². The quantitative estimate of drug-likeness (QED) is 0.884. The first-order valence-corrected chi connectivity index (χ1v) is 6.20. The number of nitrogens with zero attached hydrogens (tertiary/aromatic N) is 1. The third-order valence-electron chi connectivity index (χ3n) is 2.79. The second-order valence-corrected chi connectivity index (χ2v) is 4.69. The summed E-state index contributed by atoms with van der Waals surface area (Å²) in [5.41, 5.74) is 8.49. The maximum Gasteiger partial charge on any atom is 0.149 e. The Balaban J connectivity index is 2.24. The van der Waals surface area contributed by atoms with E-state index in [2.05, 4.69) is 10.3 Å². The number of anilines is 2. The molecule has 1 aromatic heterocycles. The Morgan fingerprint density at radius 1 is 1.22 bits per heavy atom. The Bertz CT molecular complexity index is 554. The van der Waals surface area contributed by atoms with Gasteiger partial charge in [0.2, 0.25) is 0 Å². The van der Waals surface area contributed by atoms with Crippen LogP contribution in [0.25, 0.3) is 0 Å². The van der Waals surface area contributed by atoms with E-state index in [9.17, 15) is 0 Å². The minimum absolute atomic E-state index is 0.0512. The molecular weight excluding hydrogens is 246 g/mol. The van der Waals surface area contributed by atoms with Crippen LogP contribution in [0.3, 0.4) is 0 Å². The van der Waals surface area contributed by atoms with Crippen LogP contribution in [0.1, 0.15) is 24.2 Å². The van der Waals surface area contributed by atoms with Gasteiger partial charge in [0.1, 0.15) is 5.82 Å². The second-order valence-electron chi connectivity index (χ2n) is 4.28. The predicted octanol–water partition coefficient (Wildman–Crippen LogP) is 3.80. The van der Waals surface area contributed by atoms with E-state index < -0.39 is 0 Å². The van der Waals surface area contributed by atoms with Crippen molar-refractivity contribution in [3.05, 3.63) is 52.7 Å². The molecule has 0 aliphatic carbocycles. The highest BCUT2D eigenvalue weighted by atomic mass is 35.5. The van der Waals surface area contributed by atoms with Gasteiger partial charge in [-0.3, -0.25) is 0 Å². The van der Waals surface area contributed by atoms with Gasteiger partial charge in [-0.15, -0.1) is 0 Å². The minimum atomic E-state index is 0.0512. The first-order chi connectivity index (χ1) is 8.58. The normalized spacial score (nSPS) is 12.2. The third-order valence-corrected chi connectivity index (χ3v) is 3.13. The van der Waals surface area contributed by atoms with E-state index in [1.165, 1.54) is 0 Å². The number of nitrogens with two attached hydrogens (primary N) is 1. The van der Waals surface area contributed by atoms with Crippen LogP contribution in [0, 0.1) is 6.92 Å². The van der Waals surface area contributed by atoms with Gasteiger partial charge in [0.15, 0.2) is 0 Å². The fourth-order valence-corrected chi connectivity index (χ4v) is 2.09. The highest BCUT2D eigenvalue weighted by molar-refractivity contribution is 6.31. The van der Waals surface area contributed by atoms with Gasteiger partial charge < -0.3 is 11.1 Å². The molecule has 1 aromatic carbocycles. The van der Waals surface area contributed by atoms with Gasteiger partial charge in [0.25, 0.3) is 0 Å². The zero-order chi connectivity index (χ0) is 13.1. The monoisotopic (exact) mass is 261 g/mol. The van der Waals surface area contributed by atoms with Crippen molar-refractivity contribution in [2.75, 3.05) is 11.1 Å². The van der Waals surface area contributed by atoms with Crippen molar-refractivity contribution >= 4 is 23.1 Å². The highest BCUT2D eigenvalue weighted by Crippen LogP contribution is 2.27. The van der Waals surface area contributed by atoms with E-state index in [4.69, 9.17) is 17.3 Å². The number of hydrogen-bond acceptors (Lipinski definition) is 3. The number of hydrogen-bond donors (Lipinski definition) is 2. The molecule has 0 spiro atoms. The third kappa shape index (κ3) is 2.74. The maximum atomic E-state index is 6.16. The highest BCUT2D eigenvalue weighted by Gasteiger charge is 2.11. The summed E-state index contributed by atoms with van der Waals surface area (Å²) in [6, 6.07) is 11.5. The molecule has 0 saturated carbocycles. The van der Waals surface area contributed by atoms with E-state index in [0.717, 1.165) is 16.3 Å². The number of aryl methyl sites for hydroxylation is 1. The van der Waals surface area contributed by atoms with Gasteiger partial charge in [0.05, 0.1) is 11.7 Å². The van der Waals surface area contributed by atoms with Gasteiger partial charge in [0, 0.05) is 10.7 Å². The van der Waals surface area contributed by atoms with E-state index in [1.807, 2.05) is 50.2 Å². The first kappa shape index (κ1) is 12.7. The van der Waals surface area contributed by atoms with Crippen LogP contribution >= 0.6 is 11.6 Å². The smallest absolute Gasteiger partial charge is 0.149 e. The molecule has 2 aromatic rings. The van der Waals surface area contributed by atoms with Crippen molar-refractivity contribution in [3.63, 3.8) is 0 Å². The fourth-order valence-electron chi connectivity index (χ4n) is 1.79. The molecule has 0 fully saturated rings. The van der Waals surface area contributed by atoms with E-state index in [-0.39, 0.29) is 6.04 Å². The fraction of sp³-hybridized carbons (Fsp3) is 0.214. The summed E-state index contributed by atoms with van der Waals surface area (Å²) >= 11 is 6.16. The lowest BCUT2D eigenvalue weighted by atomic mass is 10.1. The molecule has 1 unspecified atom stereocenters. The van der Waals surface area contributed by atoms with Crippen molar-refractivity contribution in [1.29, 1.82) is 0 Å². The molecule has 4 heteroatoms. The van der Waals surface area contributed by atoms with Gasteiger partial charge in [-0.2, -0.15) is 0 Å². The van der Waals surface area contributed by atoms with Gasteiger partial charge in [-0.1, -0.05) is 29.8 Å². The Hall–Kier alpha value is -1.74. The number of benzene rings is 1. The number of aromatic nitrogens is 1. The molecule has 0 saturated heterocycles. The summed E-state index contributed by atoms with van der Waals surface area (Å²) in [5.74, 6) is 0.697. The summed E-state index contributed by atoms with van der Waals surface area (Å²) in [5, 5.41) is 4.03. The van der Waals surface area contributed by atoms with Crippen molar-refractivity contribution in [2.45, 2.75) is 19.9 Å². The van der Waals surface area contributed by atoms with E-state index in [0.29, 0.717) is 11.5 Å². The summed E-state index contributed by atoms with van der Waals surface area (Å²) in [4.78, 5) is 4.39. The number of rotatable bonds is 3. The standard InChI is InChI=1S/C14H16ClN3/c1-9-7-8-13(16)14(17-9)18-10(2)11-5-3-4-6-12(11)15/h3-8,10H,16H2,1-2H3,(H,17,18). The summed E-state index contributed by atoms with van der Waals surface area (Å²) < 4.78 is 0. The van der Waals surface area contributed by atoms with Crippen LogP contribution in [0.15, 0.2) is 36.4 Å². The first-order valence-electron chi connectivity index (χ1n) is 5.82. The summed E-state index contributed by atoms with van der Waals surface area (Å²) in [7, 11) is 0. The van der Waals surface area contributed by atoms with Crippen LogP contribution in [0.4, 0.5) is 11.5 Å². The zero-order valence-corrected chi connectivity index (χ0v) is 11.2. The lowest BCUT2D eigenvalue weighted by Gasteiger charge is -2.17. The molecule has 2 rings (SSSR count). The largest absolute Gasteiger partial charge is 0.396 e. The Morgan fingerprint density at radius 3 is 2.67 bits per heavy atom. The molecule has 18 heavy (non-hydrogen) atoms. The van der Waals surface area contributed by atoms with Crippen molar-refractivity contribution in [1.82, 2.24) is 4.98 Å². The summed E-state index contributed by atoms with van der Waals surface area (Å²) in [6.07, 6.45) is 0.